The monoisotopic (exact) mass is 427 g/mol. The largest absolute Gasteiger partial charge is 0.298 e. The predicted molar refractivity (Wildman–Crippen MR) is 114 cm³/mol. The van der Waals surface area contributed by atoms with Crippen molar-refractivity contribution in [3.05, 3.63) is 76.3 Å². The van der Waals surface area contributed by atoms with Gasteiger partial charge < -0.3 is 0 Å². The summed E-state index contributed by atoms with van der Waals surface area (Å²) in [5.74, 6) is -0.294. The highest BCUT2D eigenvalue weighted by Crippen LogP contribution is 2.29. The summed E-state index contributed by atoms with van der Waals surface area (Å²) in [5.41, 5.74) is 2.73. The summed E-state index contributed by atoms with van der Waals surface area (Å²) in [4.78, 5) is 20.8. The van der Waals surface area contributed by atoms with Crippen LogP contribution in [-0.2, 0) is 29.3 Å². The molecule has 1 aliphatic heterocycles. The van der Waals surface area contributed by atoms with Gasteiger partial charge in [-0.3, -0.25) is 15.0 Å². The smallest absolute Gasteiger partial charge is 0.257 e. The first-order valence-corrected chi connectivity index (χ1v) is 12.0. The van der Waals surface area contributed by atoms with Crippen molar-refractivity contribution in [3.63, 3.8) is 0 Å². The van der Waals surface area contributed by atoms with E-state index < -0.39 is 9.84 Å². The second-order valence-corrected chi connectivity index (χ2v) is 10.2. The van der Waals surface area contributed by atoms with Gasteiger partial charge in [0.15, 0.2) is 15.0 Å². The van der Waals surface area contributed by atoms with E-state index in [1.807, 2.05) is 18.2 Å². The van der Waals surface area contributed by atoms with E-state index in [2.05, 4.69) is 27.3 Å². The molecule has 0 saturated heterocycles. The van der Waals surface area contributed by atoms with Gasteiger partial charge in [0, 0.05) is 42.8 Å². The number of sulfone groups is 1. The van der Waals surface area contributed by atoms with E-state index in [1.165, 1.54) is 46.0 Å². The highest BCUT2D eigenvalue weighted by Gasteiger charge is 2.21. The third-order valence-electron chi connectivity index (χ3n) is 4.82. The Labute approximate surface area is 174 Å². The Morgan fingerprint density at radius 3 is 2.55 bits per heavy atom. The van der Waals surface area contributed by atoms with Crippen molar-refractivity contribution in [2.75, 3.05) is 18.1 Å². The maximum Gasteiger partial charge on any atom is 0.257 e. The fourth-order valence-corrected chi connectivity index (χ4v) is 4.98. The molecule has 0 bridgehead atoms. The zero-order valence-electron chi connectivity index (χ0n) is 16.0. The molecule has 1 amide bonds. The van der Waals surface area contributed by atoms with Crippen LogP contribution in [0.25, 0.3) is 0 Å². The number of carbonyl (C=O) groups is 1. The Morgan fingerprint density at radius 1 is 1.14 bits per heavy atom. The summed E-state index contributed by atoms with van der Waals surface area (Å²) in [7, 11) is -3.28. The summed E-state index contributed by atoms with van der Waals surface area (Å²) in [6.45, 7) is 2.65. The molecule has 8 heteroatoms. The molecule has 2 aromatic carbocycles. The Morgan fingerprint density at radius 2 is 1.86 bits per heavy atom. The standard InChI is InChI=1S/C21H21N3O3S2/c1-29(26,27)17-9-7-16(8-10-17)20(25)23-21-22-18-11-12-24(14-19(18)28-21)13-15-5-3-2-4-6-15/h2-10H,11-14H2,1H3,(H,22,23,25). The molecular weight excluding hydrogens is 406 g/mol. The maximum atomic E-state index is 12.5. The topological polar surface area (TPSA) is 79.4 Å². The van der Waals surface area contributed by atoms with E-state index in [4.69, 9.17) is 0 Å². The van der Waals surface area contributed by atoms with Gasteiger partial charge in [-0.15, -0.1) is 11.3 Å². The number of nitrogens with one attached hydrogen (secondary N) is 1. The number of amides is 1. The Balaban J connectivity index is 1.42. The van der Waals surface area contributed by atoms with Crippen molar-refractivity contribution >= 4 is 32.2 Å². The summed E-state index contributed by atoms with van der Waals surface area (Å²) < 4.78 is 23.1. The molecule has 0 spiro atoms. The summed E-state index contributed by atoms with van der Waals surface area (Å²) in [6, 6.07) is 16.3. The molecule has 3 aromatic rings. The van der Waals surface area contributed by atoms with Gasteiger partial charge in [-0.25, -0.2) is 13.4 Å². The molecule has 0 radical (unpaired) electrons. The SMILES string of the molecule is CS(=O)(=O)c1ccc(C(=O)Nc2nc3c(s2)CN(Cc2ccccc2)CC3)cc1. The molecule has 0 unspecified atom stereocenters. The first-order chi connectivity index (χ1) is 13.9. The minimum atomic E-state index is -3.28. The normalized spacial score (nSPS) is 14.4. The minimum Gasteiger partial charge on any atom is -0.298 e. The van der Waals surface area contributed by atoms with Crippen molar-refractivity contribution in [1.82, 2.24) is 9.88 Å². The lowest BCUT2D eigenvalue weighted by Crippen LogP contribution is -2.29. The molecule has 1 aliphatic rings. The van der Waals surface area contributed by atoms with Gasteiger partial charge in [-0.05, 0) is 29.8 Å². The number of nitrogens with zero attached hydrogens (tertiary/aromatic N) is 2. The van der Waals surface area contributed by atoms with E-state index in [0.29, 0.717) is 10.7 Å². The number of anilines is 1. The number of hydrogen-bond donors (Lipinski definition) is 1. The van der Waals surface area contributed by atoms with Crippen LogP contribution < -0.4 is 5.32 Å². The van der Waals surface area contributed by atoms with Crippen LogP contribution in [-0.4, -0.2) is 37.0 Å². The van der Waals surface area contributed by atoms with Gasteiger partial charge in [-0.1, -0.05) is 30.3 Å². The van der Waals surface area contributed by atoms with E-state index in [-0.39, 0.29) is 10.8 Å². The van der Waals surface area contributed by atoms with Gasteiger partial charge in [-0.2, -0.15) is 0 Å². The van der Waals surface area contributed by atoms with Crippen molar-refractivity contribution in [1.29, 1.82) is 0 Å². The molecule has 0 fully saturated rings. The average molecular weight is 428 g/mol. The first-order valence-electron chi connectivity index (χ1n) is 9.25. The van der Waals surface area contributed by atoms with Crippen LogP contribution in [0.1, 0.15) is 26.5 Å². The zero-order chi connectivity index (χ0) is 20.4. The number of hydrogen-bond acceptors (Lipinski definition) is 6. The lowest BCUT2D eigenvalue weighted by Gasteiger charge is -2.25. The highest BCUT2D eigenvalue weighted by atomic mass is 32.2. The predicted octanol–water partition coefficient (Wildman–Crippen LogP) is 3.36. The van der Waals surface area contributed by atoms with E-state index in [1.54, 1.807) is 0 Å². The third-order valence-corrected chi connectivity index (χ3v) is 6.95. The van der Waals surface area contributed by atoms with Crippen LogP contribution >= 0.6 is 11.3 Å². The fourth-order valence-electron chi connectivity index (χ4n) is 3.30. The second kappa shape index (κ2) is 8.06. The summed E-state index contributed by atoms with van der Waals surface area (Å²) in [5, 5.41) is 3.42. The van der Waals surface area contributed by atoms with Crippen LogP contribution in [0.3, 0.4) is 0 Å². The zero-order valence-corrected chi connectivity index (χ0v) is 17.6. The summed E-state index contributed by atoms with van der Waals surface area (Å²) in [6.07, 6.45) is 2.00. The van der Waals surface area contributed by atoms with Gasteiger partial charge in [0.05, 0.1) is 10.6 Å². The number of aromatic nitrogens is 1. The van der Waals surface area contributed by atoms with E-state index in [9.17, 15) is 13.2 Å². The van der Waals surface area contributed by atoms with Crippen LogP contribution in [0.5, 0.6) is 0 Å². The number of carbonyl (C=O) groups excluding carboxylic acids is 1. The molecule has 0 saturated carbocycles. The number of fused-ring (bicyclic) bond motifs is 1. The molecule has 2 heterocycles. The molecule has 1 aromatic heterocycles. The number of rotatable bonds is 5. The van der Waals surface area contributed by atoms with Crippen molar-refractivity contribution < 1.29 is 13.2 Å². The number of benzene rings is 2. The molecule has 150 valence electrons. The van der Waals surface area contributed by atoms with Gasteiger partial charge in [0.2, 0.25) is 0 Å². The van der Waals surface area contributed by atoms with Crippen LogP contribution in [0.4, 0.5) is 5.13 Å². The highest BCUT2D eigenvalue weighted by molar-refractivity contribution is 7.90. The number of thiazole rings is 1. The molecule has 6 nitrogen and oxygen atoms in total. The van der Waals surface area contributed by atoms with Crippen LogP contribution in [0.15, 0.2) is 59.5 Å². The first kappa shape index (κ1) is 19.8. The molecule has 29 heavy (non-hydrogen) atoms. The van der Waals surface area contributed by atoms with Crippen molar-refractivity contribution in [2.24, 2.45) is 0 Å². The molecule has 4 rings (SSSR count). The van der Waals surface area contributed by atoms with E-state index >= 15 is 0 Å². The van der Waals surface area contributed by atoms with E-state index in [0.717, 1.165) is 38.0 Å². The molecule has 0 aliphatic carbocycles. The Bertz CT molecular complexity index is 1120. The maximum absolute atomic E-state index is 12.5. The summed E-state index contributed by atoms with van der Waals surface area (Å²) >= 11 is 1.50. The molecule has 0 atom stereocenters. The quantitative estimate of drug-likeness (QED) is 0.675. The third kappa shape index (κ3) is 4.72. The van der Waals surface area contributed by atoms with Crippen LogP contribution in [0.2, 0.25) is 0 Å². The van der Waals surface area contributed by atoms with Crippen molar-refractivity contribution in [3.8, 4) is 0 Å². The average Bonchev–Trinajstić information content (AvgIpc) is 3.09. The molecular formula is C21H21N3O3S2. The lowest BCUT2D eigenvalue weighted by atomic mass is 10.1. The van der Waals surface area contributed by atoms with Crippen LogP contribution in [0, 0.1) is 0 Å². The molecule has 1 N–H and O–H groups in total. The van der Waals surface area contributed by atoms with Crippen molar-refractivity contribution in [2.45, 2.75) is 24.4 Å². The van der Waals surface area contributed by atoms with Gasteiger partial charge >= 0.3 is 0 Å². The van der Waals surface area contributed by atoms with Gasteiger partial charge in [0.1, 0.15) is 0 Å². The second-order valence-electron chi connectivity index (χ2n) is 7.09. The lowest BCUT2D eigenvalue weighted by molar-refractivity contribution is 0.102. The van der Waals surface area contributed by atoms with Gasteiger partial charge in [0.25, 0.3) is 5.91 Å². The Kier molecular flexibility index (Phi) is 5.49. The minimum absolute atomic E-state index is 0.192. The fraction of sp³-hybridized carbons (Fsp3) is 0.238. The Hall–Kier alpha value is -2.55.